The van der Waals surface area contributed by atoms with E-state index in [1.54, 1.807) is 12.1 Å². The van der Waals surface area contributed by atoms with Crippen LogP contribution in [0.5, 0.6) is 0 Å². The number of amides is 2. The zero-order valence-electron chi connectivity index (χ0n) is 16.6. The van der Waals surface area contributed by atoms with Gasteiger partial charge in [0.05, 0.1) is 11.2 Å². The van der Waals surface area contributed by atoms with Crippen molar-refractivity contribution in [1.82, 2.24) is 15.3 Å². The molecule has 0 aliphatic carbocycles. The first-order chi connectivity index (χ1) is 15.0. The van der Waals surface area contributed by atoms with Crippen LogP contribution in [0.4, 0.5) is 5.69 Å². The van der Waals surface area contributed by atoms with E-state index < -0.39 is 11.9 Å². The second kappa shape index (κ2) is 11.3. The fraction of sp³-hybridized carbons (Fsp3) is 0.182. The van der Waals surface area contributed by atoms with Gasteiger partial charge in [-0.25, -0.2) is 9.97 Å². The van der Waals surface area contributed by atoms with E-state index in [1.165, 1.54) is 18.0 Å². The molecule has 3 aromatic rings. The highest BCUT2D eigenvalue weighted by atomic mass is 79.9. The van der Waals surface area contributed by atoms with Crippen LogP contribution in [0.15, 0.2) is 70.4 Å². The average molecular weight is 520 g/mol. The van der Waals surface area contributed by atoms with Crippen molar-refractivity contribution in [2.45, 2.75) is 24.5 Å². The fourth-order valence-corrected chi connectivity index (χ4v) is 3.74. The van der Waals surface area contributed by atoms with Crippen LogP contribution in [0.1, 0.15) is 23.0 Å². The summed E-state index contributed by atoms with van der Waals surface area (Å²) in [6.45, 7) is 1.96. The van der Waals surface area contributed by atoms with Crippen LogP contribution in [-0.4, -0.2) is 33.6 Å². The number of carbonyl (C=O) groups is 2. The van der Waals surface area contributed by atoms with Crippen LogP contribution < -0.4 is 10.6 Å². The Hall–Kier alpha value is -2.42. The lowest BCUT2D eigenvalue weighted by Gasteiger charge is -2.19. The molecular weight excluding hydrogens is 500 g/mol. The molecule has 2 aromatic carbocycles. The smallest absolute Gasteiger partial charge is 0.272 e. The van der Waals surface area contributed by atoms with Gasteiger partial charge in [-0.1, -0.05) is 76.5 Å². The average Bonchev–Trinajstić information content (AvgIpc) is 2.77. The van der Waals surface area contributed by atoms with Crippen molar-refractivity contribution in [2.75, 3.05) is 11.1 Å². The van der Waals surface area contributed by atoms with Gasteiger partial charge < -0.3 is 10.6 Å². The molecule has 3 rings (SSSR count). The Morgan fingerprint density at radius 3 is 2.52 bits per heavy atom. The van der Waals surface area contributed by atoms with Crippen LogP contribution in [0.25, 0.3) is 0 Å². The third-order valence-corrected chi connectivity index (χ3v) is 5.78. The number of anilines is 1. The predicted molar refractivity (Wildman–Crippen MR) is 128 cm³/mol. The topological polar surface area (TPSA) is 84.0 Å². The molecule has 2 amide bonds. The zero-order chi connectivity index (χ0) is 22.2. The molecule has 9 heteroatoms. The molecule has 31 heavy (non-hydrogen) atoms. The summed E-state index contributed by atoms with van der Waals surface area (Å²) in [6.07, 6.45) is 1.71. The fourth-order valence-electron chi connectivity index (χ4n) is 2.76. The van der Waals surface area contributed by atoms with Crippen molar-refractivity contribution in [3.8, 4) is 0 Å². The summed E-state index contributed by atoms with van der Waals surface area (Å²) in [6, 6.07) is 15.9. The number of aromatic nitrogens is 2. The number of nitrogens with zero attached hydrogens (tertiary/aromatic N) is 2. The summed E-state index contributed by atoms with van der Waals surface area (Å²) < 4.78 is 0.902. The number of halogens is 2. The molecule has 1 unspecified atom stereocenters. The second-order valence-corrected chi connectivity index (χ2v) is 9.05. The number of carbonyl (C=O) groups excluding carboxylic acids is 2. The molecule has 0 saturated heterocycles. The van der Waals surface area contributed by atoms with Gasteiger partial charge >= 0.3 is 0 Å². The van der Waals surface area contributed by atoms with Gasteiger partial charge in [-0.05, 0) is 35.6 Å². The van der Waals surface area contributed by atoms with Crippen molar-refractivity contribution in [1.29, 1.82) is 0 Å². The maximum atomic E-state index is 13.0. The first kappa shape index (κ1) is 23.2. The highest BCUT2D eigenvalue weighted by Crippen LogP contribution is 2.19. The van der Waals surface area contributed by atoms with Crippen molar-refractivity contribution in [3.05, 3.63) is 81.5 Å². The predicted octanol–water partition coefficient (Wildman–Crippen LogP) is 4.98. The number of nitrogens with one attached hydrogen (secondary N) is 2. The van der Waals surface area contributed by atoms with Gasteiger partial charge in [0.25, 0.3) is 5.91 Å². The van der Waals surface area contributed by atoms with Gasteiger partial charge in [0, 0.05) is 16.6 Å². The summed E-state index contributed by atoms with van der Waals surface area (Å²) in [7, 11) is 0. The molecule has 1 aromatic heterocycles. The molecule has 0 aliphatic heterocycles. The molecule has 2 N–H and O–H groups in total. The third kappa shape index (κ3) is 6.78. The van der Waals surface area contributed by atoms with E-state index in [0.29, 0.717) is 17.3 Å². The van der Waals surface area contributed by atoms with E-state index in [9.17, 15) is 9.59 Å². The van der Waals surface area contributed by atoms with Crippen LogP contribution in [-0.2, 0) is 11.2 Å². The van der Waals surface area contributed by atoms with E-state index >= 15 is 0 Å². The lowest BCUT2D eigenvalue weighted by molar-refractivity contribution is -0.118. The van der Waals surface area contributed by atoms with Gasteiger partial charge in [-0.2, -0.15) is 0 Å². The normalized spacial score (nSPS) is 11.6. The van der Waals surface area contributed by atoms with Crippen LogP contribution in [0.2, 0.25) is 5.02 Å². The van der Waals surface area contributed by atoms with Gasteiger partial charge in [-0.3, -0.25) is 9.59 Å². The maximum Gasteiger partial charge on any atom is 0.272 e. The summed E-state index contributed by atoms with van der Waals surface area (Å²) in [5.74, 6) is -0.111. The lowest BCUT2D eigenvalue weighted by Crippen LogP contribution is -2.45. The number of hydrogen-bond donors (Lipinski definition) is 2. The maximum absolute atomic E-state index is 13.0. The van der Waals surface area contributed by atoms with Crippen molar-refractivity contribution < 1.29 is 9.59 Å². The molecule has 0 fully saturated rings. The summed E-state index contributed by atoms with van der Waals surface area (Å²) in [5, 5.41) is 6.21. The van der Waals surface area contributed by atoms with E-state index in [2.05, 4.69) is 36.5 Å². The van der Waals surface area contributed by atoms with Crippen LogP contribution in [0.3, 0.4) is 0 Å². The van der Waals surface area contributed by atoms with Gasteiger partial charge in [0.1, 0.15) is 6.04 Å². The molecular formula is C22H20BrClN4O2S. The molecule has 0 spiro atoms. The molecule has 1 atom stereocenters. The Bertz CT molecular complexity index is 1050. The minimum atomic E-state index is -0.827. The summed E-state index contributed by atoms with van der Waals surface area (Å²) in [5.41, 5.74) is 1.58. The van der Waals surface area contributed by atoms with E-state index in [1.807, 2.05) is 49.4 Å². The molecule has 0 bridgehead atoms. The Kier molecular flexibility index (Phi) is 8.45. The largest absolute Gasteiger partial charge is 0.338 e. The van der Waals surface area contributed by atoms with Gasteiger partial charge in [0.2, 0.25) is 5.91 Å². The van der Waals surface area contributed by atoms with Crippen molar-refractivity contribution in [2.24, 2.45) is 0 Å². The van der Waals surface area contributed by atoms with Crippen LogP contribution in [0, 0.1) is 0 Å². The van der Waals surface area contributed by atoms with Gasteiger partial charge in [-0.15, -0.1) is 0 Å². The van der Waals surface area contributed by atoms with Crippen molar-refractivity contribution in [3.63, 3.8) is 0 Å². The number of hydrogen-bond acceptors (Lipinski definition) is 5. The second-order valence-electron chi connectivity index (χ2n) is 6.49. The number of thioether (sulfide) groups is 1. The Morgan fingerprint density at radius 1 is 1.13 bits per heavy atom. The SMILES string of the molecule is CCSc1ncc(Cl)c(C(=O)NC(Cc2ccccc2)C(=O)Nc2ccc(Br)cc2)n1. The van der Waals surface area contributed by atoms with E-state index in [-0.39, 0.29) is 16.6 Å². The summed E-state index contributed by atoms with van der Waals surface area (Å²) >= 11 is 10.9. The third-order valence-electron chi connectivity index (χ3n) is 4.23. The highest BCUT2D eigenvalue weighted by molar-refractivity contribution is 9.10. The monoisotopic (exact) mass is 518 g/mol. The molecule has 160 valence electrons. The van der Waals surface area contributed by atoms with Gasteiger partial charge in [0.15, 0.2) is 10.9 Å². The standard InChI is InChI=1S/C22H20BrClN4O2S/c1-2-31-22-25-13-17(24)19(28-22)21(30)27-18(12-14-6-4-3-5-7-14)20(29)26-16-10-8-15(23)9-11-16/h3-11,13,18H,2,12H2,1H3,(H,26,29)(H,27,30). The number of benzene rings is 2. The molecule has 0 radical (unpaired) electrons. The molecule has 0 aliphatic rings. The minimum Gasteiger partial charge on any atom is -0.338 e. The van der Waals surface area contributed by atoms with Crippen LogP contribution >= 0.6 is 39.3 Å². The van der Waals surface area contributed by atoms with E-state index in [0.717, 1.165) is 15.8 Å². The quantitative estimate of drug-likeness (QED) is 0.324. The Balaban J connectivity index is 1.82. The lowest BCUT2D eigenvalue weighted by atomic mass is 10.0. The first-order valence-corrected chi connectivity index (χ1v) is 11.7. The highest BCUT2D eigenvalue weighted by Gasteiger charge is 2.24. The molecule has 1 heterocycles. The Labute approximate surface area is 198 Å². The Morgan fingerprint density at radius 2 is 1.84 bits per heavy atom. The first-order valence-electron chi connectivity index (χ1n) is 9.53. The summed E-state index contributed by atoms with van der Waals surface area (Å²) in [4.78, 5) is 34.3. The molecule has 0 saturated carbocycles. The van der Waals surface area contributed by atoms with Crippen molar-refractivity contribution >= 4 is 56.8 Å². The minimum absolute atomic E-state index is 0.0436. The number of rotatable bonds is 8. The van der Waals surface area contributed by atoms with E-state index in [4.69, 9.17) is 11.6 Å². The zero-order valence-corrected chi connectivity index (χ0v) is 19.8. The molecule has 6 nitrogen and oxygen atoms in total.